The minimum Gasteiger partial charge on any atom is -0.324 e. The highest BCUT2D eigenvalue weighted by Crippen LogP contribution is 2.33. The number of anilines is 1. The SMILES string of the molecule is Cn1c(SCC(=O)Nc2ccccc2Sc2ccccc2)nnc1-c1ccccc1. The molecule has 0 fully saturated rings. The van der Waals surface area contributed by atoms with Crippen molar-refractivity contribution in [2.45, 2.75) is 14.9 Å². The molecule has 0 saturated heterocycles. The first-order valence-corrected chi connectivity index (χ1v) is 11.2. The van der Waals surface area contributed by atoms with E-state index >= 15 is 0 Å². The Morgan fingerprint density at radius 3 is 2.33 bits per heavy atom. The molecule has 0 saturated carbocycles. The Bertz CT molecular complexity index is 1130. The smallest absolute Gasteiger partial charge is 0.234 e. The van der Waals surface area contributed by atoms with Gasteiger partial charge in [-0.3, -0.25) is 4.79 Å². The van der Waals surface area contributed by atoms with Gasteiger partial charge in [-0.25, -0.2) is 0 Å². The molecule has 30 heavy (non-hydrogen) atoms. The van der Waals surface area contributed by atoms with E-state index in [1.54, 1.807) is 11.8 Å². The molecule has 4 aromatic rings. The first-order chi connectivity index (χ1) is 14.7. The predicted octanol–water partition coefficient (Wildman–Crippen LogP) is 5.36. The number of aromatic nitrogens is 3. The number of benzene rings is 3. The van der Waals surface area contributed by atoms with Gasteiger partial charge in [0.2, 0.25) is 5.91 Å². The molecule has 1 N–H and O–H groups in total. The van der Waals surface area contributed by atoms with Gasteiger partial charge in [0.15, 0.2) is 11.0 Å². The topological polar surface area (TPSA) is 59.8 Å². The highest BCUT2D eigenvalue weighted by Gasteiger charge is 2.14. The van der Waals surface area contributed by atoms with Gasteiger partial charge in [0, 0.05) is 22.4 Å². The standard InChI is InChI=1S/C23H20N4OS2/c1-27-22(17-10-4-2-5-11-17)25-26-23(27)29-16-21(28)24-19-14-8-9-15-20(19)30-18-12-6-3-7-13-18/h2-15H,16H2,1H3,(H,24,28). The van der Waals surface area contributed by atoms with Gasteiger partial charge < -0.3 is 9.88 Å². The molecule has 150 valence electrons. The number of amides is 1. The van der Waals surface area contributed by atoms with Crippen molar-refractivity contribution in [3.05, 3.63) is 84.9 Å². The van der Waals surface area contributed by atoms with Gasteiger partial charge in [-0.2, -0.15) is 0 Å². The van der Waals surface area contributed by atoms with Crippen molar-refractivity contribution in [1.82, 2.24) is 14.8 Å². The van der Waals surface area contributed by atoms with Gasteiger partial charge in [-0.15, -0.1) is 10.2 Å². The van der Waals surface area contributed by atoms with Gasteiger partial charge >= 0.3 is 0 Å². The van der Waals surface area contributed by atoms with Crippen molar-refractivity contribution in [3.63, 3.8) is 0 Å². The van der Waals surface area contributed by atoms with Crippen LogP contribution in [0.3, 0.4) is 0 Å². The van der Waals surface area contributed by atoms with Crippen molar-refractivity contribution in [3.8, 4) is 11.4 Å². The Labute approximate surface area is 183 Å². The number of thioether (sulfide) groups is 1. The van der Waals surface area contributed by atoms with Gasteiger partial charge in [0.05, 0.1) is 11.4 Å². The largest absolute Gasteiger partial charge is 0.324 e. The third-order valence-electron chi connectivity index (χ3n) is 4.33. The van der Waals surface area contributed by atoms with E-state index in [0.717, 1.165) is 26.9 Å². The zero-order valence-electron chi connectivity index (χ0n) is 16.4. The zero-order chi connectivity index (χ0) is 20.8. The van der Waals surface area contributed by atoms with E-state index in [-0.39, 0.29) is 11.7 Å². The summed E-state index contributed by atoms with van der Waals surface area (Å²) in [5.41, 5.74) is 1.80. The predicted molar refractivity (Wildman–Crippen MR) is 123 cm³/mol. The van der Waals surface area contributed by atoms with Crippen molar-refractivity contribution in [2.75, 3.05) is 11.1 Å². The molecule has 0 atom stereocenters. The fourth-order valence-electron chi connectivity index (χ4n) is 2.87. The number of nitrogens with zero attached hydrogens (tertiary/aromatic N) is 3. The van der Waals surface area contributed by atoms with Crippen LogP contribution in [0, 0.1) is 0 Å². The van der Waals surface area contributed by atoms with Crippen LogP contribution in [0.15, 0.2) is 99.9 Å². The molecule has 7 heteroatoms. The summed E-state index contributed by atoms with van der Waals surface area (Å²) in [6, 6.07) is 27.8. The van der Waals surface area contributed by atoms with E-state index in [1.165, 1.54) is 11.8 Å². The summed E-state index contributed by atoms with van der Waals surface area (Å²) in [6.07, 6.45) is 0. The Morgan fingerprint density at radius 2 is 1.57 bits per heavy atom. The second-order valence-electron chi connectivity index (χ2n) is 6.48. The summed E-state index contributed by atoms with van der Waals surface area (Å²) in [5, 5.41) is 12.2. The summed E-state index contributed by atoms with van der Waals surface area (Å²) in [5.74, 6) is 0.957. The van der Waals surface area contributed by atoms with E-state index in [9.17, 15) is 4.79 Å². The maximum absolute atomic E-state index is 12.6. The van der Waals surface area contributed by atoms with Crippen LogP contribution in [0.1, 0.15) is 0 Å². The molecule has 1 amide bonds. The lowest BCUT2D eigenvalue weighted by Gasteiger charge is -2.10. The fraction of sp³-hybridized carbons (Fsp3) is 0.0870. The third kappa shape index (κ3) is 4.93. The minimum absolute atomic E-state index is 0.0784. The van der Waals surface area contributed by atoms with Crippen LogP contribution in [0.4, 0.5) is 5.69 Å². The highest BCUT2D eigenvalue weighted by molar-refractivity contribution is 8.00. The number of carbonyl (C=O) groups is 1. The van der Waals surface area contributed by atoms with Crippen LogP contribution in [0.25, 0.3) is 11.4 Å². The zero-order valence-corrected chi connectivity index (χ0v) is 18.0. The lowest BCUT2D eigenvalue weighted by Crippen LogP contribution is -2.15. The van der Waals surface area contributed by atoms with Crippen molar-refractivity contribution in [1.29, 1.82) is 0 Å². The Balaban J connectivity index is 1.40. The lowest BCUT2D eigenvalue weighted by molar-refractivity contribution is -0.113. The first kappa shape index (κ1) is 20.3. The molecule has 0 aliphatic heterocycles. The summed E-state index contributed by atoms with van der Waals surface area (Å²) < 4.78 is 1.91. The maximum Gasteiger partial charge on any atom is 0.234 e. The van der Waals surface area contributed by atoms with Crippen LogP contribution in [0.2, 0.25) is 0 Å². The second kappa shape index (κ2) is 9.65. The summed E-state index contributed by atoms with van der Waals surface area (Å²) in [6.45, 7) is 0. The third-order valence-corrected chi connectivity index (χ3v) is 6.44. The van der Waals surface area contributed by atoms with Gasteiger partial charge in [0.25, 0.3) is 0 Å². The van der Waals surface area contributed by atoms with E-state index < -0.39 is 0 Å². The number of para-hydroxylation sites is 1. The molecule has 1 heterocycles. The molecule has 3 aromatic carbocycles. The van der Waals surface area contributed by atoms with Crippen molar-refractivity contribution < 1.29 is 4.79 Å². The monoisotopic (exact) mass is 432 g/mol. The molecular formula is C23H20N4OS2. The summed E-state index contributed by atoms with van der Waals surface area (Å²) in [4.78, 5) is 14.7. The minimum atomic E-state index is -0.0784. The van der Waals surface area contributed by atoms with Gasteiger partial charge in [0.1, 0.15) is 0 Å². The lowest BCUT2D eigenvalue weighted by atomic mass is 10.2. The fourth-order valence-corrected chi connectivity index (χ4v) is 4.50. The maximum atomic E-state index is 12.6. The molecule has 0 bridgehead atoms. The Kier molecular flexibility index (Phi) is 6.51. The molecule has 0 spiro atoms. The molecule has 0 radical (unpaired) electrons. The summed E-state index contributed by atoms with van der Waals surface area (Å²) >= 11 is 3.00. The van der Waals surface area contributed by atoms with E-state index in [4.69, 9.17) is 0 Å². The van der Waals surface area contributed by atoms with Crippen LogP contribution in [-0.2, 0) is 11.8 Å². The summed E-state index contributed by atoms with van der Waals surface area (Å²) in [7, 11) is 1.91. The number of nitrogens with one attached hydrogen (secondary N) is 1. The first-order valence-electron chi connectivity index (χ1n) is 9.40. The number of rotatable bonds is 7. The number of hydrogen-bond donors (Lipinski definition) is 1. The van der Waals surface area contributed by atoms with Gasteiger partial charge in [-0.1, -0.05) is 84.2 Å². The van der Waals surface area contributed by atoms with Crippen LogP contribution in [0.5, 0.6) is 0 Å². The van der Waals surface area contributed by atoms with Crippen molar-refractivity contribution >= 4 is 35.1 Å². The average Bonchev–Trinajstić information content (AvgIpc) is 3.15. The molecular weight excluding hydrogens is 412 g/mol. The molecule has 5 nitrogen and oxygen atoms in total. The Morgan fingerprint density at radius 1 is 0.900 bits per heavy atom. The van der Waals surface area contributed by atoms with Crippen LogP contribution < -0.4 is 5.32 Å². The molecule has 0 unspecified atom stereocenters. The van der Waals surface area contributed by atoms with Crippen LogP contribution >= 0.6 is 23.5 Å². The molecule has 1 aromatic heterocycles. The van der Waals surface area contributed by atoms with Crippen molar-refractivity contribution in [2.24, 2.45) is 7.05 Å². The quantitative estimate of drug-likeness (QED) is 0.398. The average molecular weight is 433 g/mol. The molecule has 4 rings (SSSR count). The highest BCUT2D eigenvalue weighted by atomic mass is 32.2. The molecule has 0 aliphatic rings. The van der Waals surface area contributed by atoms with E-state index in [1.807, 2.05) is 84.4 Å². The van der Waals surface area contributed by atoms with Gasteiger partial charge in [-0.05, 0) is 24.3 Å². The van der Waals surface area contributed by atoms with E-state index in [2.05, 4.69) is 27.6 Å². The second-order valence-corrected chi connectivity index (χ2v) is 8.54. The number of hydrogen-bond acceptors (Lipinski definition) is 5. The number of carbonyl (C=O) groups excluding carboxylic acids is 1. The normalized spacial score (nSPS) is 10.7. The molecule has 0 aliphatic carbocycles. The van der Waals surface area contributed by atoms with Crippen LogP contribution in [-0.4, -0.2) is 26.4 Å². The Hall–Kier alpha value is -3.03. The van der Waals surface area contributed by atoms with E-state index in [0.29, 0.717) is 5.16 Å².